The van der Waals surface area contributed by atoms with Gasteiger partial charge in [-0.05, 0) is 38.6 Å². The molecule has 0 unspecified atom stereocenters. The molecule has 1 saturated carbocycles. The summed E-state index contributed by atoms with van der Waals surface area (Å²) in [5.74, 6) is 0. The van der Waals surface area contributed by atoms with Gasteiger partial charge in [-0.3, -0.25) is 4.90 Å². The maximum atomic E-state index is 3.97. The Labute approximate surface area is 114 Å². The first-order valence-corrected chi connectivity index (χ1v) is 8.20. The molecule has 0 bridgehead atoms. The Morgan fingerprint density at radius 2 is 1.67 bits per heavy atom. The van der Waals surface area contributed by atoms with Crippen LogP contribution in [-0.2, 0) is 0 Å². The van der Waals surface area contributed by atoms with Gasteiger partial charge in [0.2, 0.25) is 0 Å². The van der Waals surface area contributed by atoms with Crippen molar-refractivity contribution < 1.29 is 0 Å². The van der Waals surface area contributed by atoms with Gasteiger partial charge in [0.05, 0.1) is 0 Å². The molecule has 2 aliphatic rings. The molecular formula is C16H32N2. The summed E-state index contributed by atoms with van der Waals surface area (Å²) in [6.07, 6.45) is 11.0. The predicted molar refractivity (Wildman–Crippen MR) is 79.0 cm³/mol. The van der Waals surface area contributed by atoms with Gasteiger partial charge < -0.3 is 5.32 Å². The second-order valence-corrected chi connectivity index (χ2v) is 6.55. The number of hydrogen-bond acceptors (Lipinski definition) is 2. The van der Waals surface area contributed by atoms with Gasteiger partial charge in [-0.2, -0.15) is 0 Å². The van der Waals surface area contributed by atoms with Crippen molar-refractivity contribution in [2.45, 2.75) is 83.2 Å². The van der Waals surface area contributed by atoms with E-state index in [2.05, 4.69) is 31.0 Å². The molecule has 0 atom stereocenters. The normalized spacial score (nSPS) is 27.5. The molecule has 1 aliphatic carbocycles. The van der Waals surface area contributed by atoms with E-state index in [1.807, 2.05) is 0 Å². The first-order chi connectivity index (χ1) is 8.70. The number of piperazine rings is 1. The average molecular weight is 252 g/mol. The van der Waals surface area contributed by atoms with E-state index in [0.717, 1.165) is 0 Å². The molecule has 0 radical (unpaired) electrons. The summed E-state index contributed by atoms with van der Waals surface area (Å²) < 4.78 is 0. The molecule has 1 saturated heterocycles. The minimum absolute atomic E-state index is 0.429. The second kappa shape index (κ2) is 5.92. The quantitative estimate of drug-likeness (QED) is 0.823. The zero-order chi connectivity index (χ0) is 13.1. The van der Waals surface area contributed by atoms with Crippen molar-refractivity contribution in [1.29, 1.82) is 0 Å². The Bertz CT molecular complexity index is 252. The van der Waals surface area contributed by atoms with Crippen molar-refractivity contribution in [3.05, 3.63) is 0 Å². The van der Waals surface area contributed by atoms with Crippen LogP contribution >= 0.6 is 0 Å². The van der Waals surface area contributed by atoms with Crippen LogP contribution in [0.25, 0.3) is 0 Å². The van der Waals surface area contributed by atoms with Gasteiger partial charge in [-0.15, -0.1) is 0 Å². The van der Waals surface area contributed by atoms with Gasteiger partial charge in [-0.25, -0.2) is 0 Å². The highest BCUT2D eigenvalue weighted by Crippen LogP contribution is 2.37. The molecule has 1 heterocycles. The molecule has 0 aromatic heterocycles. The van der Waals surface area contributed by atoms with E-state index in [-0.39, 0.29) is 0 Å². The highest BCUT2D eigenvalue weighted by atomic mass is 15.3. The summed E-state index contributed by atoms with van der Waals surface area (Å²) in [7, 11) is 0. The van der Waals surface area contributed by atoms with Gasteiger partial charge in [0, 0.05) is 24.2 Å². The molecule has 1 N–H and O–H groups in total. The van der Waals surface area contributed by atoms with E-state index in [1.165, 1.54) is 71.0 Å². The molecule has 1 spiro atoms. The minimum atomic E-state index is 0.429. The second-order valence-electron chi connectivity index (χ2n) is 6.55. The number of nitrogens with one attached hydrogen (secondary N) is 1. The van der Waals surface area contributed by atoms with Crippen molar-refractivity contribution in [1.82, 2.24) is 10.2 Å². The van der Waals surface area contributed by atoms with E-state index in [9.17, 15) is 0 Å². The van der Waals surface area contributed by atoms with Gasteiger partial charge in [0.25, 0.3) is 0 Å². The molecule has 1 aliphatic heterocycles. The minimum Gasteiger partial charge on any atom is -0.308 e. The number of rotatable bonds is 4. The third-order valence-electron chi connectivity index (χ3n) is 5.58. The largest absolute Gasteiger partial charge is 0.308 e. The van der Waals surface area contributed by atoms with E-state index in [4.69, 9.17) is 0 Å². The SMILES string of the molecule is CCCN1CC2(CCCCC2)NCC1(CC)CC. The highest BCUT2D eigenvalue weighted by Gasteiger charge is 2.45. The topological polar surface area (TPSA) is 15.3 Å². The van der Waals surface area contributed by atoms with E-state index in [1.54, 1.807) is 0 Å². The van der Waals surface area contributed by atoms with Crippen LogP contribution in [0, 0.1) is 0 Å². The summed E-state index contributed by atoms with van der Waals surface area (Å²) in [4.78, 5) is 2.83. The van der Waals surface area contributed by atoms with Crippen LogP contribution in [0.4, 0.5) is 0 Å². The van der Waals surface area contributed by atoms with Gasteiger partial charge in [0.1, 0.15) is 0 Å². The van der Waals surface area contributed by atoms with Gasteiger partial charge >= 0.3 is 0 Å². The first-order valence-electron chi connectivity index (χ1n) is 8.20. The number of hydrogen-bond donors (Lipinski definition) is 1. The molecule has 0 amide bonds. The summed E-state index contributed by atoms with van der Waals surface area (Å²) >= 11 is 0. The van der Waals surface area contributed by atoms with Crippen LogP contribution in [0.1, 0.15) is 72.1 Å². The summed E-state index contributed by atoms with van der Waals surface area (Å²) in [5, 5.41) is 3.97. The van der Waals surface area contributed by atoms with Crippen molar-refractivity contribution in [2.24, 2.45) is 0 Å². The molecule has 0 aromatic rings. The van der Waals surface area contributed by atoms with Crippen LogP contribution in [-0.4, -0.2) is 35.6 Å². The maximum absolute atomic E-state index is 3.97. The monoisotopic (exact) mass is 252 g/mol. The molecule has 2 fully saturated rings. The smallest absolute Gasteiger partial charge is 0.0329 e. The standard InChI is InChI=1S/C16H32N2/c1-4-12-18-14-15(10-8-7-9-11-15)17-13-16(18,5-2)6-3/h17H,4-14H2,1-3H3. The lowest BCUT2D eigenvalue weighted by molar-refractivity contribution is -0.0140. The fourth-order valence-corrected chi connectivity index (χ4v) is 4.15. The Hall–Kier alpha value is -0.0800. The zero-order valence-electron chi connectivity index (χ0n) is 12.7. The van der Waals surface area contributed by atoms with Crippen LogP contribution in [0.15, 0.2) is 0 Å². The maximum Gasteiger partial charge on any atom is 0.0329 e. The lowest BCUT2D eigenvalue weighted by Crippen LogP contribution is -2.70. The van der Waals surface area contributed by atoms with Gasteiger partial charge in [0.15, 0.2) is 0 Å². The Kier molecular flexibility index (Phi) is 4.71. The third-order valence-corrected chi connectivity index (χ3v) is 5.58. The Morgan fingerprint density at radius 1 is 1.00 bits per heavy atom. The van der Waals surface area contributed by atoms with Crippen molar-refractivity contribution in [3.63, 3.8) is 0 Å². The van der Waals surface area contributed by atoms with Crippen LogP contribution in [0.2, 0.25) is 0 Å². The lowest BCUT2D eigenvalue weighted by atomic mass is 9.75. The van der Waals surface area contributed by atoms with Crippen molar-refractivity contribution in [3.8, 4) is 0 Å². The van der Waals surface area contributed by atoms with Crippen LogP contribution < -0.4 is 5.32 Å². The van der Waals surface area contributed by atoms with Crippen LogP contribution in [0.3, 0.4) is 0 Å². The van der Waals surface area contributed by atoms with Crippen molar-refractivity contribution in [2.75, 3.05) is 19.6 Å². The van der Waals surface area contributed by atoms with E-state index < -0.39 is 0 Å². The van der Waals surface area contributed by atoms with E-state index >= 15 is 0 Å². The summed E-state index contributed by atoms with van der Waals surface area (Å²) in [6, 6.07) is 0. The summed E-state index contributed by atoms with van der Waals surface area (Å²) in [6.45, 7) is 10.8. The number of nitrogens with zero attached hydrogens (tertiary/aromatic N) is 1. The third kappa shape index (κ3) is 2.60. The fraction of sp³-hybridized carbons (Fsp3) is 1.00. The molecule has 0 aromatic carbocycles. The van der Waals surface area contributed by atoms with Crippen molar-refractivity contribution >= 4 is 0 Å². The zero-order valence-corrected chi connectivity index (χ0v) is 12.7. The molecule has 2 nitrogen and oxygen atoms in total. The molecule has 106 valence electrons. The molecule has 2 rings (SSSR count). The fourth-order valence-electron chi connectivity index (χ4n) is 4.15. The average Bonchev–Trinajstić information content (AvgIpc) is 2.41. The Morgan fingerprint density at radius 3 is 2.22 bits per heavy atom. The highest BCUT2D eigenvalue weighted by molar-refractivity contribution is 5.05. The predicted octanol–water partition coefficient (Wildman–Crippen LogP) is 3.56. The summed E-state index contributed by atoms with van der Waals surface area (Å²) in [5.41, 5.74) is 0.889. The molecule has 18 heavy (non-hydrogen) atoms. The first kappa shape index (κ1) is 14.3. The van der Waals surface area contributed by atoms with E-state index in [0.29, 0.717) is 11.1 Å². The molecule has 2 heteroatoms. The van der Waals surface area contributed by atoms with Gasteiger partial charge in [-0.1, -0.05) is 40.0 Å². The molecular weight excluding hydrogens is 220 g/mol. The Balaban J connectivity index is 2.11. The van der Waals surface area contributed by atoms with Crippen LogP contribution in [0.5, 0.6) is 0 Å². The lowest BCUT2D eigenvalue weighted by Gasteiger charge is -2.56.